The average Bonchev–Trinajstić information content (AvgIpc) is 3.29. The lowest BCUT2D eigenvalue weighted by atomic mass is 10.0. The van der Waals surface area contributed by atoms with Crippen LogP contribution in [-0.4, -0.2) is 25.8 Å². The molecule has 3 aromatic rings. The summed E-state index contributed by atoms with van der Waals surface area (Å²) in [6.07, 6.45) is 9.66. The lowest BCUT2D eigenvalue weighted by Crippen LogP contribution is -2.35. The SMILES string of the molecule is Cc1ncc(-c2ccncc2)c(CN(Cc2ccccc2)C(=O)C2CCCC2)n1. The Morgan fingerprint density at radius 2 is 1.76 bits per heavy atom. The molecule has 0 atom stereocenters. The third-order valence-electron chi connectivity index (χ3n) is 5.55. The van der Waals surface area contributed by atoms with Gasteiger partial charge in [-0.3, -0.25) is 9.78 Å². The van der Waals surface area contributed by atoms with Gasteiger partial charge < -0.3 is 4.90 Å². The third-order valence-corrected chi connectivity index (χ3v) is 5.55. The van der Waals surface area contributed by atoms with E-state index in [9.17, 15) is 4.79 Å². The van der Waals surface area contributed by atoms with Crippen molar-refractivity contribution in [3.05, 3.63) is 78.1 Å². The molecule has 0 unspecified atom stereocenters. The molecule has 1 aliphatic rings. The fraction of sp³-hybridized carbons (Fsp3) is 0.333. The average molecular weight is 386 g/mol. The van der Waals surface area contributed by atoms with Crippen LogP contribution in [0, 0.1) is 12.8 Å². The van der Waals surface area contributed by atoms with E-state index in [1.165, 1.54) is 0 Å². The maximum absolute atomic E-state index is 13.4. The highest BCUT2D eigenvalue weighted by atomic mass is 16.2. The summed E-state index contributed by atoms with van der Waals surface area (Å²) in [5, 5.41) is 0. The monoisotopic (exact) mass is 386 g/mol. The van der Waals surface area contributed by atoms with E-state index in [1.54, 1.807) is 12.4 Å². The van der Waals surface area contributed by atoms with Crippen molar-refractivity contribution in [1.82, 2.24) is 19.9 Å². The van der Waals surface area contributed by atoms with Crippen LogP contribution in [0.2, 0.25) is 0 Å². The molecule has 0 radical (unpaired) electrons. The molecule has 1 fully saturated rings. The van der Waals surface area contributed by atoms with Gasteiger partial charge in [0.15, 0.2) is 0 Å². The Labute approximate surface area is 171 Å². The summed E-state index contributed by atoms with van der Waals surface area (Å²) >= 11 is 0. The zero-order chi connectivity index (χ0) is 20.1. The number of rotatable bonds is 6. The molecule has 5 heteroatoms. The number of hydrogen-bond acceptors (Lipinski definition) is 4. The highest BCUT2D eigenvalue weighted by Gasteiger charge is 2.28. The summed E-state index contributed by atoms with van der Waals surface area (Å²) in [6.45, 7) is 2.96. The van der Waals surface area contributed by atoms with Crippen molar-refractivity contribution in [2.24, 2.45) is 5.92 Å². The minimum atomic E-state index is 0.131. The first kappa shape index (κ1) is 19.2. The maximum Gasteiger partial charge on any atom is 0.226 e. The molecule has 148 valence electrons. The molecule has 1 amide bonds. The van der Waals surface area contributed by atoms with Gasteiger partial charge in [-0.05, 0) is 43.0 Å². The summed E-state index contributed by atoms with van der Waals surface area (Å²) in [7, 11) is 0. The number of carbonyl (C=O) groups is 1. The Morgan fingerprint density at radius 3 is 2.48 bits per heavy atom. The molecule has 2 heterocycles. The first-order chi connectivity index (χ1) is 14.2. The molecule has 29 heavy (non-hydrogen) atoms. The second-order valence-corrected chi connectivity index (χ2v) is 7.67. The van der Waals surface area contributed by atoms with Crippen LogP contribution in [0.4, 0.5) is 0 Å². The van der Waals surface area contributed by atoms with Crippen LogP contribution in [-0.2, 0) is 17.9 Å². The van der Waals surface area contributed by atoms with E-state index < -0.39 is 0 Å². The Morgan fingerprint density at radius 1 is 1.03 bits per heavy atom. The molecule has 0 spiro atoms. The summed E-state index contributed by atoms with van der Waals surface area (Å²) < 4.78 is 0. The largest absolute Gasteiger partial charge is 0.332 e. The van der Waals surface area contributed by atoms with Crippen LogP contribution >= 0.6 is 0 Å². The highest BCUT2D eigenvalue weighted by Crippen LogP contribution is 2.29. The number of aromatic nitrogens is 3. The first-order valence-electron chi connectivity index (χ1n) is 10.3. The van der Waals surface area contributed by atoms with Gasteiger partial charge in [0.2, 0.25) is 5.91 Å². The van der Waals surface area contributed by atoms with Crippen molar-refractivity contribution in [1.29, 1.82) is 0 Å². The molecule has 4 rings (SSSR count). The predicted octanol–water partition coefficient (Wildman–Crippen LogP) is 4.57. The van der Waals surface area contributed by atoms with Crippen molar-refractivity contribution in [3.63, 3.8) is 0 Å². The van der Waals surface area contributed by atoms with E-state index in [4.69, 9.17) is 4.98 Å². The van der Waals surface area contributed by atoms with Gasteiger partial charge >= 0.3 is 0 Å². The smallest absolute Gasteiger partial charge is 0.226 e. The van der Waals surface area contributed by atoms with Gasteiger partial charge in [0.1, 0.15) is 5.82 Å². The number of aryl methyl sites for hydroxylation is 1. The quantitative estimate of drug-likeness (QED) is 0.623. The van der Waals surface area contributed by atoms with Gasteiger partial charge in [0.05, 0.1) is 12.2 Å². The molecule has 0 bridgehead atoms. The van der Waals surface area contributed by atoms with Gasteiger partial charge in [0.25, 0.3) is 0 Å². The summed E-state index contributed by atoms with van der Waals surface area (Å²) in [4.78, 5) is 28.5. The van der Waals surface area contributed by atoms with Crippen molar-refractivity contribution in [2.45, 2.75) is 45.7 Å². The zero-order valence-electron chi connectivity index (χ0n) is 16.8. The van der Waals surface area contributed by atoms with E-state index in [1.807, 2.05) is 48.4 Å². The van der Waals surface area contributed by atoms with Crippen molar-refractivity contribution < 1.29 is 4.79 Å². The molecule has 0 N–H and O–H groups in total. The van der Waals surface area contributed by atoms with Crippen LogP contribution in [0.1, 0.15) is 42.8 Å². The van der Waals surface area contributed by atoms with E-state index in [-0.39, 0.29) is 11.8 Å². The lowest BCUT2D eigenvalue weighted by Gasteiger charge is -2.26. The number of benzene rings is 1. The van der Waals surface area contributed by atoms with E-state index in [0.717, 1.165) is 48.1 Å². The van der Waals surface area contributed by atoms with E-state index in [0.29, 0.717) is 18.9 Å². The summed E-state index contributed by atoms with van der Waals surface area (Å²) in [5.74, 6) is 1.08. The van der Waals surface area contributed by atoms with Gasteiger partial charge in [-0.2, -0.15) is 0 Å². The van der Waals surface area contributed by atoms with Gasteiger partial charge in [-0.15, -0.1) is 0 Å². The summed E-state index contributed by atoms with van der Waals surface area (Å²) in [5.41, 5.74) is 3.99. The van der Waals surface area contributed by atoms with Crippen molar-refractivity contribution >= 4 is 5.91 Å². The Bertz CT molecular complexity index is 953. The second kappa shape index (κ2) is 8.95. The fourth-order valence-electron chi connectivity index (χ4n) is 4.04. The fourth-order valence-corrected chi connectivity index (χ4v) is 4.04. The number of hydrogen-bond donors (Lipinski definition) is 0. The van der Waals surface area contributed by atoms with Crippen LogP contribution in [0.25, 0.3) is 11.1 Å². The Balaban J connectivity index is 1.66. The second-order valence-electron chi connectivity index (χ2n) is 7.67. The van der Waals surface area contributed by atoms with Gasteiger partial charge in [-0.1, -0.05) is 43.2 Å². The van der Waals surface area contributed by atoms with Crippen LogP contribution in [0.15, 0.2) is 61.1 Å². The molecule has 0 aliphatic heterocycles. The third kappa shape index (κ3) is 4.67. The predicted molar refractivity (Wildman–Crippen MR) is 113 cm³/mol. The highest BCUT2D eigenvalue weighted by molar-refractivity contribution is 5.79. The van der Waals surface area contributed by atoms with Gasteiger partial charge in [-0.25, -0.2) is 9.97 Å². The normalized spacial score (nSPS) is 14.1. The molecule has 2 aromatic heterocycles. The molecule has 1 aromatic carbocycles. The number of carbonyl (C=O) groups excluding carboxylic acids is 1. The standard InChI is InChI=1S/C24H26N4O/c1-18-26-15-22(20-11-13-25-14-12-20)23(27-18)17-28(16-19-7-3-2-4-8-19)24(29)21-9-5-6-10-21/h2-4,7-8,11-15,21H,5-6,9-10,16-17H2,1H3. The van der Waals surface area contributed by atoms with Crippen molar-refractivity contribution in [2.75, 3.05) is 0 Å². The van der Waals surface area contributed by atoms with Crippen LogP contribution < -0.4 is 0 Å². The molecule has 1 aliphatic carbocycles. The number of nitrogens with zero attached hydrogens (tertiary/aromatic N) is 4. The number of amides is 1. The van der Waals surface area contributed by atoms with E-state index in [2.05, 4.69) is 22.1 Å². The molecule has 1 saturated carbocycles. The topological polar surface area (TPSA) is 59.0 Å². The molecule has 5 nitrogen and oxygen atoms in total. The first-order valence-corrected chi connectivity index (χ1v) is 10.3. The van der Waals surface area contributed by atoms with E-state index >= 15 is 0 Å². The molecular weight excluding hydrogens is 360 g/mol. The zero-order valence-corrected chi connectivity index (χ0v) is 16.8. The minimum absolute atomic E-state index is 0.131. The van der Waals surface area contributed by atoms with Crippen LogP contribution in [0.5, 0.6) is 0 Å². The van der Waals surface area contributed by atoms with Gasteiger partial charge in [0, 0.05) is 36.6 Å². The summed E-state index contributed by atoms with van der Waals surface area (Å²) in [6, 6.07) is 14.1. The minimum Gasteiger partial charge on any atom is -0.332 e. The Hall–Kier alpha value is -3.08. The lowest BCUT2D eigenvalue weighted by molar-refractivity contribution is -0.136. The molecular formula is C24H26N4O. The van der Waals surface area contributed by atoms with Crippen molar-refractivity contribution in [3.8, 4) is 11.1 Å². The number of pyridine rings is 1. The maximum atomic E-state index is 13.4. The van der Waals surface area contributed by atoms with Crippen LogP contribution in [0.3, 0.4) is 0 Å². The Kier molecular flexibility index (Phi) is 5.94. The molecule has 0 saturated heterocycles.